The normalized spacial score (nSPS) is 18.0. The Morgan fingerprint density at radius 2 is 1.66 bits per heavy atom. The van der Waals surface area contributed by atoms with Crippen molar-refractivity contribution in [1.29, 1.82) is 5.41 Å². The Kier molecular flexibility index (Phi) is 5.60. The number of rotatable bonds is 4. The molecule has 0 atom stereocenters. The monoisotopic (exact) mass is 469 g/mol. The summed E-state index contributed by atoms with van der Waals surface area (Å²) in [6.07, 6.45) is 1.87. The summed E-state index contributed by atoms with van der Waals surface area (Å²) in [6, 6.07) is 20.9. The summed E-state index contributed by atoms with van der Waals surface area (Å²) in [7, 11) is 4.06. The van der Waals surface area contributed by atoms with Gasteiger partial charge in [0, 0.05) is 80.9 Å². The molecule has 35 heavy (non-hydrogen) atoms. The second-order valence-electron chi connectivity index (χ2n) is 9.84. The minimum absolute atomic E-state index is 0.327. The van der Waals surface area contributed by atoms with E-state index < -0.39 is 0 Å². The molecule has 2 aromatic rings. The Hall–Kier alpha value is -3.19. The number of hydrogen-bond acceptors (Lipinski definition) is 6. The molecule has 180 valence electrons. The van der Waals surface area contributed by atoms with Gasteiger partial charge in [-0.05, 0) is 35.4 Å². The van der Waals surface area contributed by atoms with E-state index >= 15 is 0 Å². The lowest BCUT2D eigenvalue weighted by atomic mass is 9.93. The van der Waals surface area contributed by atoms with E-state index in [2.05, 4.69) is 52.3 Å². The zero-order valence-electron chi connectivity index (χ0n) is 20.3. The zero-order chi connectivity index (χ0) is 24.0. The molecular weight excluding hydrogens is 438 g/mol. The topological polar surface area (TPSA) is 61.9 Å². The van der Waals surface area contributed by atoms with Gasteiger partial charge in [-0.3, -0.25) is 4.90 Å². The second kappa shape index (κ2) is 8.79. The highest BCUT2D eigenvalue weighted by molar-refractivity contribution is 6.02. The van der Waals surface area contributed by atoms with Crippen LogP contribution in [0.5, 0.6) is 0 Å². The summed E-state index contributed by atoms with van der Waals surface area (Å²) in [5.74, 6) is 0.408. The molecular formula is C29H31N3O3. The molecule has 0 bridgehead atoms. The van der Waals surface area contributed by atoms with Crippen LogP contribution in [0.15, 0.2) is 65.1 Å². The van der Waals surface area contributed by atoms with Crippen molar-refractivity contribution >= 4 is 16.7 Å². The summed E-state index contributed by atoms with van der Waals surface area (Å²) >= 11 is 0. The summed E-state index contributed by atoms with van der Waals surface area (Å²) in [4.78, 5) is 4.55. The van der Waals surface area contributed by atoms with Crippen molar-refractivity contribution in [1.82, 2.24) is 4.90 Å². The molecule has 1 aliphatic carbocycles. The molecule has 0 saturated carbocycles. The molecule has 0 aromatic heterocycles. The number of likely N-dealkylation sites (tertiary alicyclic amines) is 1. The third-order valence-corrected chi connectivity index (χ3v) is 7.30. The fourth-order valence-corrected chi connectivity index (χ4v) is 5.34. The molecule has 1 spiro atoms. The first-order valence-corrected chi connectivity index (χ1v) is 12.3. The Morgan fingerprint density at radius 3 is 2.37 bits per heavy atom. The average Bonchev–Trinajstić information content (AvgIpc) is 3.32. The summed E-state index contributed by atoms with van der Waals surface area (Å²) in [5.41, 5.74) is 6.54. The summed E-state index contributed by atoms with van der Waals surface area (Å²) in [6.45, 7) is 4.34. The van der Waals surface area contributed by atoms with Gasteiger partial charge in [0.15, 0.2) is 5.79 Å². The van der Waals surface area contributed by atoms with Crippen LogP contribution in [0.2, 0.25) is 0 Å². The van der Waals surface area contributed by atoms with Gasteiger partial charge in [0.2, 0.25) is 0 Å². The Balaban J connectivity index is 1.32. The maximum Gasteiger partial charge on any atom is 0.170 e. The molecule has 2 aromatic carbocycles. The Labute approximate surface area is 205 Å². The van der Waals surface area contributed by atoms with Crippen LogP contribution in [0.3, 0.4) is 0 Å². The molecule has 3 heterocycles. The lowest BCUT2D eigenvalue weighted by molar-refractivity contribution is -0.185. The van der Waals surface area contributed by atoms with Crippen LogP contribution >= 0.6 is 0 Å². The van der Waals surface area contributed by atoms with E-state index in [1.165, 1.54) is 5.56 Å². The van der Waals surface area contributed by atoms with Crippen LogP contribution in [0.4, 0.5) is 5.69 Å². The highest BCUT2D eigenvalue weighted by Gasteiger charge is 2.39. The average molecular weight is 470 g/mol. The molecule has 2 fully saturated rings. The van der Waals surface area contributed by atoms with Crippen LogP contribution in [0, 0.1) is 5.41 Å². The number of hydrogen-bond donors (Lipinski definition) is 1. The SMILES string of the molecule is CN(C)c1ccc2c(-c3ccc(CN4CCC5(CC4)OCCO5)cc3)c3ccc(=N)cc-3oc2c1. The number of nitrogens with one attached hydrogen (secondary N) is 1. The van der Waals surface area contributed by atoms with Crippen molar-refractivity contribution in [2.75, 3.05) is 45.3 Å². The smallest absolute Gasteiger partial charge is 0.170 e. The molecule has 3 aliphatic heterocycles. The molecule has 2 saturated heterocycles. The number of benzene rings is 3. The summed E-state index contributed by atoms with van der Waals surface area (Å²) < 4.78 is 18.0. The highest BCUT2D eigenvalue weighted by Crippen LogP contribution is 2.41. The van der Waals surface area contributed by atoms with Crippen molar-refractivity contribution in [3.8, 4) is 22.5 Å². The first kappa shape index (κ1) is 22.3. The number of piperidine rings is 1. The molecule has 6 nitrogen and oxygen atoms in total. The van der Waals surface area contributed by atoms with Crippen molar-refractivity contribution in [3.63, 3.8) is 0 Å². The second-order valence-corrected chi connectivity index (χ2v) is 9.84. The van der Waals surface area contributed by atoms with Gasteiger partial charge in [-0.2, -0.15) is 0 Å². The molecule has 6 rings (SSSR count). The van der Waals surface area contributed by atoms with E-state index in [0.29, 0.717) is 5.36 Å². The number of anilines is 1. The van der Waals surface area contributed by atoms with E-state index in [9.17, 15) is 0 Å². The van der Waals surface area contributed by atoms with Gasteiger partial charge < -0.3 is 24.2 Å². The fraction of sp³-hybridized carbons (Fsp3) is 0.345. The van der Waals surface area contributed by atoms with E-state index in [1.807, 2.05) is 26.2 Å². The largest absolute Gasteiger partial charge is 0.456 e. The van der Waals surface area contributed by atoms with E-state index in [0.717, 1.165) is 84.8 Å². The van der Waals surface area contributed by atoms with E-state index in [1.54, 1.807) is 6.07 Å². The first-order chi connectivity index (χ1) is 17.0. The van der Waals surface area contributed by atoms with Crippen molar-refractivity contribution < 1.29 is 13.9 Å². The van der Waals surface area contributed by atoms with Crippen LogP contribution in [0.25, 0.3) is 33.4 Å². The zero-order valence-corrected chi connectivity index (χ0v) is 20.3. The van der Waals surface area contributed by atoms with Crippen molar-refractivity contribution in [3.05, 3.63) is 71.6 Å². The molecule has 4 aliphatic rings. The van der Waals surface area contributed by atoms with Crippen LogP contribution in [-0.4, -0.2) is 51.1 Å². The number of ether oxygens (including phenoxy) is 2. The van der Waals surface area contributed by atoms with Crippen LogP contribution < -0.4 is 10.3 Å². The first-order valence-electron chi connectivity index (χ1n) is 12.3. The lowest BCUT2D eigenvalue weighted by Gasteiger charge is -2.37. The predicted molar refractivity (Wildman–Crippen MR) is 138 cm³/mol. The van der Waals surface area contributed by atoms with Gasteiger partial charge in [0.05, 0.1) is 18.6 Å². The quantitative estimate of drug-likeness (QED) is 0.422. The molecule has 1 N–H and O–H groups in total. The lowest BCUT2D eigenvalue weighted by Crippen LogP contribution is -2.44. The van der Waals surface area contributed by atoms with Gasteiger partial charge in [-0.25, -0.2) is 0 Å². The van der Waals surface area contributed by atoms with E-state index in [4.69, 9.17) is 19.3 Å². The Morgan fingerprint density at radius 1 is 0.914 bits per heavy atom. The van der Waals surface area contributed by atoms with Gasteiger partial charge in [-0.1, -0.05) is 24.3 Å². The van der Waals surface area contributed by atoms with Gasteiger partial charge >= 0.3 is 0 Å². The van der Waals surface area contributed by atoms with E-state index in [-0.39, 0.29) is 5.79 Å². The van der Waals surface area contributed by atoms with Gasteiger partial charge in [-0.15, -0.1) is 0 Å². The van der Waals surface area contributed by atoms with Crippen molar-refractivity contribution in [2.45, 2.75) is 25.2 Å². The molecule has 0 amide bonds. The third-order valence-electron chi connectivity index (χ3n) is 7.30. The highest BCUT2D eigenvalue weighted by atomic mass is 16.7. The fourth-order valence-electron chi connectivity index (χ4n) is 5.34. The standard InChI is InChI=1S/C29H31N3O3/c1-31(2)23-8-10-25-27(18-23)35-26-17-22(30)7-9-24(26)28(25)21-5-3-20(4-6-21)19-32-13-11-29(12-14-32)33-15-16-34-29/h3-10,17-18,30H,11-16,19H2,1-2H3. The molecule has 0 radical (unpaired) electrons. The molecule has 6 heteroatoms. The minimum atomic E-state index is -0.327. The third kappa shape index (κ3) is 4.22. The predicted octanol–water partition coefficient (Wildman–Crippen LogP) is 5.09. The maximum absolute atomic E-state index is 8.09. The van der Waals surface area contributed by atoms with Gasteiger partial charge in [0.1, 0.15) is 11.3 Å². The number of nitrogens with zero attached hydrogens (tertiary/aromatic N) is 2. The number of fused-ring (bicyclic) bond motifs is 2. The maximum atomic E-state index is 8.09. The molecule has 0 unspecified atom stereocenters. The van der Waals surface area contributed by atoms with Crippen LogP contribution in [0.1, 0.15) is 18.4 Å². The van der Waals surface area contributed by atoms with Crippen LogP contribution in [-0.2, 0) is 16.0 Å². The van der Waals surface area contributed by atoms with Gasteiger partial charge in [0.25, 0.3) is 0 Å². The summed E-state index contributed by atoms with van der Waals surface area (Å²) in [5, 5.41) is 9.61. The Bertz CT molecular complexity index is 1380. The minimum Gasteiger partial charge on any atom is -0.456 e. The van der Waals surface area contributed by atoms with Crippen molar-refractivity contribution in [2.24, 2.45) is 0 Å².